The second kappa shape index (κ2) is 6.12. The third kappa shape index (κ3) is 3.94. The molecule has 0 aliphatic carbocycles. The topological polar surface area (TPSA) is 81.4 Å². The fourth-order valence-corrected chi connectivity index (χ4v) is 2.64. The first-order valence-electron chi connectivity index (χ1n) is 5.53. The summed E-state index contributed by atoms with van der Waals surface area (Å²) in [5.41, 5.74) is 5.36. The Morgan fingerprint density at radius 2 is 2.17 bits per heavy atom. The molecule has 1 aromatic carbocycles. The summed E-state index contributed by atoms with van der Waals surface area (Å²) < 4.78 is 44.2. The first kappa shape index (κ1) is 14.9. The molecule has 0 spiro atoms. The van der Waals surface area contributed by atoms with Crippen molar-refractivity contribution in [1.29, 1.82) is 0 Å². The molecule has 1 atom stereocenters. The molecule has 1 rings (SSSR count). The minimum absolute atomic E-state index is 0.119. The lowest BCUT2D eigenvalue weighted by Gasteiger charge is -2.13. The largest absolute Gasteiger partial charge is 0.398 e. The van der Waals surface area contributed by atoms with E-state index < -0.39 is 15.8 Å². The molecule has 3 N–H and O–H groups in total. The van der Waals surface area contributed by atoms with E-state index in [1.54, 1.807) is 6.92 Å². The average Bonchev–Trinajstić information content (AvgIpc) is 2.26. The maximum atomic E-state index is 12.8. The highest BCUT2D eigenvalue weighted by Crippen LogP contribution is 2.18. The van der Waals surface area contributed by atoms with Gasteiger partial charge >= 0.3 is 0 Å². The molecule has 0 radical (unpaired) electrons. The van der Waals surface area contributed by atoms with Crippen LogP contribution in [0.5, 0.6) is 0 Å². The molecule has 18 heavy (non-hydrogen) atoms. The van der Waals surface area contributed by atoms with Crippen LogP contribution in [0.1, 0.15) is 13.8 Å². The zero-order valence-corrected chi connectivity index (χ0v) is 11.1. The molecule has 1 unspecified atom stereocenters. The number of hydrogen-bond donors (Lipinski definition) is 2. The molecule has 0 fully saturated rings. The minimum Gasteiger partial charge on any atom is -0.398 e. The van der Waals surface area contributed by atoms with Crippen LogP contribution in [0.4, 0.5) is 10.1 Å². The molecule has 0 saturated heterocycles. The second-order valence-electron chi connectivity index (χ2n) is 3.80. The zero-order valence-electron chi connectivity index (χ0n) is 10.3. The predicted octanol–water partition coefficient (Wildman–Crippen LogP) is 1.11. The SMILES string of the molecule is CCOC(C)CNS(=O)(=O)c1ccc(F)cc1N. The monoisotopic (exact) mass is 276 g/mol. The normalized spacial score (nSPS) is 13.5. The molecule has 102 valence electrons. The first-order chi connectivity index (χ1) is 8.36. The van der Waals surface area contributed by atoms with Crippen LogP contribution in [-0.4, -0.2) is 27.7 Å². The molecule has 0 aliphatic rings. The summed E-state index contributed by atoms with van der Waals surface area (Å²) in [6.45, 7) is 4.21. The van der Waals surface area contributed by atoms with Crippen LogP contribution >= 0.6 is 0 Å². The van der Waals surface area contributed by atoms with Gasteiger partial charge in [-0.1, -0.05) is 0 Å². The summed E-state index contributed by atoms with van der Waals surface area (Å²) in [5, 5.41) is 0. The van der Waals surface area contributed by atoms with E-state index in [2.05, 4.69) is 4.72 Å². The van der Waals surface area contributed by atoms with Crippen molar-refractivity contribution in [2.24, 2.45) is 0 Å². The fourth-order valence-electron chi connectivity index (χ4n) is 1.41. The van der Waals surface area contributed by atoms with Crippen LogP contribution in [-0.2, 0) is 14.8 Å². The number of nitrogen functional groups attached to an aromatic ring is 1. The Bertz CT molecular complexity index is 505. The van der Waals surface area contributed by atoms with Crippen molar-refractivity contribution in [3.05, 3.63) is 24.0 Å². The predicted molar refractivity (Wildman–Crippen MR) is 67.1 cm³/mol. The highest BCUT2D eigenvalue weighted by molar-refractivity contribution is 7.89. The standard InChI is InChI=1S/C11H17FN2O3S/c1-3-17-8(2)7-14-18(15,16)11-5-4-9(12)6-10(11)13/h4-6,8,14H,3,7,13H2,1-2H3. The molecule has 0 aliphatic heterocycles. The minimum atomic E-state index is -3.74. The highest BCUT2D eigenvalue weighted by atomic mass is 32.2. The van der Waals surface area contributed by atoms with Crippen LogP contribution in [0.15, 0.2) is 23.1 Å². The Balaban J connectivity index is 2.80. The van der Waals surface area contributed by atoms with Gasteiger partial charge in [0, 0.05) is 13.2 Å². The van der Waals surface area contributed by atoms with Crippen molar-refractivity contribution in [1.82, 2.24) is 4.72 Å². The van der Waals surface area contributed by atoms with Gasteiger partial charge in [0.1, 0.15) is 10.7 Å². The van der Waals surface area contributed by atoms with Gasteiger partial charge in [-0.25, -0.2) is 17.5 Å². The number of nitrogens with two attached hydrogens (primary N) is 1. The van der Waals surface area contributed by atoms with Crippen molar-refractivity contribution in [3.8, 4) is 0 Å². The van der Waals surface area contributed by atoms with Gasteiger partial charge in [0.15, 0.2) is 0 Å². The van der Waals surface area contributed by atoms with Gasteiger partial charge in [-0.2, -0.15) is 0 Å². The maximum absolute atomic E-state index is 12.8. The lowest BCUT2D eigenvalue weighted by Crippen LogP contribution is -2.32. The number of anilines is 1. The summed E-state index contributed by atoms with van der Waals surface area (Å²) in [5.74, 6) is -0.575. The molecule has 0 saturated carbocycles. The molecule has 7 heteroatoms. The van der Waals surface area contributed by atoms with Crippen LogP contribution in [0.3, 0.4) is 0 Å². The van der Waals surface area contributed by atoms with Gasteiger partial charge in [0.25, 0.3) is 0 Å². The van der Waals surface area contributed by atoms with Gasteiger partial charge in [-0.3, -0.25) is 0 Å². The van der Waals surface area contributed by atoms with Crippen molar-refractivity contribution in [3.63, 3.8) is 0 Å². The Labute approximate surface area is 106 Å². The number of hydrogen-bond acceptors (Lipinski definition) is 4. The van der Waals surface area contributed by atoms with E-state index in [0.717, 1.165) is 18.2 Å². The smallest absolute Gasteiger partial charge is 0.242 e. The van der Waals surface area contributed by atoms with E-state index in [1.165, 1.54) is 0 Å². The summed E-state index contributed by atoms with van der Waals surface area (Å²) in [4.78, 5) is -0.132. The van der Waals surface area contributed by atoms with Gasteiger partial charge < -0.3 is 10.5 Å². The van der Waals surface area contributed by atoms with Crippen LogP contribution in [0.2, 0.25) is 0 Å². The van der Waals surface area contributed by atoms with Gasteiger partial charge in [-0.05, 0) is 32.0 Å². The van der Waals surface area contributed by atoms with E-state index in [4.69, 9.17) is 10.5 Å². The summed E-state index contributed by atoms with van der Waals surface area (Å²) in [7, 11) is -3.74. The van der Waals surface area contributed by atoms with Gasteiger partial charge in [0.05, 0.1) is 11.8 Å². The lowest BCUT2D eigenvalue weighted by molar-refractivity contribution is 0.0799. The van der Waals surface area contributed by atoms with Crippen LogP contribution in [0.25, 0.3) is 0 Å². The molecular formula is C11H17FN2O3S. The van der Waals surface area contributed by atoms with Crippen LogP contribution < -0.4 is 10.5 Å². The Morgan fingerprint density at radius 1 is 1.50 bits per heavy atom. The molecule has 0 amide bonds. The number of sulfonamides is 1. The first-order valence-corrected chi connectivity index (χ1v) is 7.01. The lowest BCUT2D eigenvalue weighted by atomic mass is 10.3. The maximum Gasteiger partial charge on any atom is 0.242 e. The van der Waals surface area contributed by atoms with E-state index in [1.807, 2.05) is 6.92 Å². The van der Waals surface area contributed by atoms with Gasteiger partial charge in [0.2, 0.25) is 10.0 Å². The third-order valence-electron chi connectivity index (χ3n) is 2.27. The number of ether oxygens (including phenoxy) is 1. The zero-order chi connectivity index (χ0) is 13.8. The number of benzene rings is 1. The Kier molecular flexibility index (Phi) is 5.06. The number of nitrogens with one attached hydrogen (secondary N) is 1. The van der Waals surface area contributed by atoms with E-state index in [0.29, 0.717) is 6.61 Å². The van der Waals surface area contributed by atoms with E-state index in [9.17, 15) is 12.8 Å². The number of rotatable bonds is 6. The van der Waals surface area contributed by atoms with Crippen molar-refractivity contribution < 1.29 is 17.5 Å². The Morgan fingerprint density at radius 3 is 2.72 bits per heavy atom. The highest BCUT2D eigenvalue weighted by Gasteiger charge is 2.18. The average molecular weight is 276 g/mol. The van der Waals surface area contributed by atoms with Crippen LogP contribution in [0, 0.1) is 5.82 Å². The Hall–Kier alpha value is -1.18. The van der Waals surface area contributed by atoms with Crippen molar-refractivity contribution in [2.75, 3.05) is 18.9 Å². The fraction of sp³-hybridized carbons (Fsp3) is 0.455. The molecule has 5 nitrogen and oxygen atoms in total. The molecule has 0 bridgehead atoms. The third-order valence-corrected chi connectivity index (χ3v) is 3.77. The summed E-state index contributed by atoms with van der Waals surface area (Å²) in [6.07, 6.45) is -0.244. The summed E-state index contributed by atoms with van der Waals surface area (Å²) in [6, 6.07) is 3.16. The second-order valence-corrected chi connectivity index (χ2v) is 5.54. The van der Waals surface area contributed by atoms with Crippen molar-refractivity contribution in [2.45, 2.75) is 24.8 Å². The molecule has 0 aromatic heterocycles. The molecular weight excluding hydrogens is 259 g/mol. The molecule has 1 aromatic rings. The number of halogens is 1. The quantitative estimate of drug-likeness (QED) is 0.763. The molecule has 0 heterocycles. The summed E-state index contributed by atoms with van der Waals surface area (Å²) >= 11 is 0. The van der Waals surface area contributed by atoms with E-state index in [-0.39, 0.29) is 23.2 Å². The van der Waals surface area contributed by atoms with E-state index >= 15 is 0 Å². The van der Waals surface area contributed by atoms with Crippen molar-refractivity contribution >= 4 is 15.7 Å². The van der Waals surface area contributed by atoms with Gasteiger partial charge in [-0.15, -0.1) is 0 Å².